The summed E-state index contributed by atoms with van der Waals surface area (Å²) in [7, 11) is 0. The lowest BCUT2D eigenvalue weighted by Crippen LogP contribution is -2.45. The van der Waals surface area contributed by atoms with E-state index in [1.54, 1.807) is 0 Å². The maximum atomic E-state index is 13.0. The maximum absolute atomic E-state index is 13.0. The third kappa shape index (κ3) is 4.94. The SMILES string of the molecule is CCN(CC)C(=O)C1CCCN(c2nc(NCc3ccccc3)c3ncn(C(C)C)c3n2)C1. The van der Waals surface area contributed by atoms with Crippen molar-refractivity contribution < 1.29 is 4.79 Å². The largest absolute Gasteiger partial charge is 0.364 e. The summed E-state index contributed by atoms with van der Waals surface area (Å²) in [5, 5.41) is 3.48. The molecule has 1 aromatic carbocycles. The van der Waals surface area contributed by atoms with Gasteiger partial charge in [-0.05, 0) is 46.1 Å². The molecule has 33 heavy (non-hydrogen) atoms. The summed E-state index contributed by atoms with van der Waals surface area (Å²) in [6.07, 6.45) is 3.71. The molecule has 2 aromatic heterocycles. The van der Waals surface area contributed by atoms with Crippen molar-refractivity contribution in [3.8, 4) is 0 Å². The Morgan fingerprint density at radius 1 is 1.18 bits per heavy atom. The van der Waals surface area contributed by atoms with Gasteiger partial charge >= 0.3 is 0 Å². The summed E-state index contributed by atoms with van der Waals surface area (Å²) < 4.78 is 2.08. The molecule has 8 heteroatoms. The van der Waals surface area contributed by atoms with E-state index in [1.165, 1.54) is 5.56 Å². The Bertz CT molecular complexity index is 1080. The van der Waals surface area contributed by atoms with Crippen LogP contribution in [0.2, 0.25) is 0 Å². The second-order valence-corrected chi connectivity index (χ2v) is 8.92. The maximum Gasteiger partial charge on any atom is 0.229 e. The van der Waals surface area contributed by atoms with Crippen LogP contribution in [0.3, 0.4) is 0 Å². The molecule has 1 unspecified atom stereocenters. The van der Waals surface area contributed by atoms with Crippen molar-refractivity contribution in [2.75, 3.05) is 36.4 Å². The molecular weight excluding hydrogens is 414 g/mol. The van der Waals surface area contributed by atoms with Gasteiger partial charge in [-0.15, -0.1) is 0 Å². The van der Waals surface area contributed by atoms with Gasteiger partial charge in [0.1, 0.15) is 0 Å². The second kappa shape index (κ2) is 10.2. The number of piperidine rings is 1. The molecule has 0 saturated carbocycles. The first kappa shape index (κ1) is 23.0. The van der Waals surface area contributed by atoms with Crippen LogP contribution in [-0.4, -0.2) is 56.5 Å². The van der Waals surface area contributed by atoms with Crippen molar-refractivity contribution in [1.29, 1.82) is 0 Å². The number of benzene rings is 1. The number of amides is 1. The average molecular weight is 450 g/mol. The van der Waals surface area contributed by atoms with Crippen LogP contribution in [0.15, 0.2) is 36.7 Å². The monoisotopic (exact) mass is 449 g/mol. The topological polar surface area (TPSA) is 79.2 Å². The van der Waals surface area contributed by atoms with Gasteiger partial charge in [0.25, 0.3) is 0 Å². The standard InChI is InChI=1S/C25H35N7O/c1-5-30(6-2)24(33)20-13-10-14-31(16-20)25-28-22(26-15-19-11-8-7-9-12-19)21-23(29-25)32(17-27-21)18(3)4/h7-9,11-12,17-18,20H,5-6,10,13-16H2,1-4H3,(H,26,28,29). The Kier molecular flexibility index (Phi) is 7.11. The van der Waals surface area contributed by atoms with E-state index in [-0.39, 0.29) is 17.9 Å². The van der Waals surface area contributed by atoms with Crippen LogP contribution in [0.5, 0.6) is 0 Å². The van der Waals surface area contributed by atoms with Gasteiger partial charge in [0.15, 0.2) is 17.0 Å². The molecule has 0 bridgehead atoms. The highest BCUT2D eigenvalue weighted by atomic mass is 16.2. The molecule has 1 amide bonds. The highest BCUT2D eigenvalue weighted by Crippen LogP contribution is 2.28. The molecule has 0 radical (unpaired) electrons. The van der Waals surface area contributed by atoms with Gasteiger partial charge in [0.2, 0.25) is 11.9 Å². The summed E-state index contributed by atoms with van der Waals surface area (Å²) in [6, 6.07) is 10.5. The van der Waals surface area contributed by atoms with Crippen molar-refractivity contribution in [2.45, 2.75) is 53.1 Å². The van der Waals surface area contributed by atoms with Crippen LogP contribution in [0.4, 0.5) is 11.8 Å². The molecule has 8 nitrogen and oxygen atoms in total. The van der Waals surface area contributed by atoms with Gasteiger partial charge in [-0.3, -0.25) is 4.79 Å². The number of rotatable bonds is 8. The van der Waals surface area contributed by atoms with Crippen LogP contribution in [0.1, 0.15) is 52.1 Å². The first-order valence-electron chi connectivity index (χ1n) is 12.1. The molecule has 3 aromatic rings. The quantitative estimate of drug-likeness (QED) is 0.558. The minimum atomic E-state index is -0.0197. The van der Waals surface area contributed by atoms with Crippen LogP contribution >= 0.6 is 0 Å². The lowest BCUT2D eigenvalue weighted by molar-refractivity contribution is -0.135. The zero-order valence-corrected chi connectivity index (χ0v) is 20.2. The smallest absolute Gasteiger partial charge is 0.229 e. The molecule has 1 atom stereocenters. The number of fused-ring (bicyclic) bond motifs is 1. The van der Waals surface area contributed by atoms with Gasteiger partial charge in [-0.25, -0.2) is 4.98 Å². The number of nitrogens with zero attached hydrogens (tertiary/aromatic N) is 6. The number of hydrogen-bond acceptors (Lipinski definition) is 6. The van der Waals surface area contributed by atoms with E-state index in [2.05, 4.69) is 45.7 Å². The molecule has 176 valence electrons. The summed E-state index contributed by atoms with van der Waals surface area (Å²) in [5.41, 5.74) is 2.77. The zero-order valence-electron chi connectivity index (χ0n) is 20.2. The number of aromatic nitrogens is 4. The third-order valence-corrected chi connectivity index (χ3v) is 6.40. The Morgan fingerprint density at radius 2 is 1.94 bits per heavy atom. The molecule has 1 aliphatic heterocycles. The molecule has 4 rings (SSSR count). The van der Waals surface area contributed by atoms with E-state index >= 15 is 0 Å². The number of hydrogen-bond donors (Lipinski definition) is 1. The third-order valence-electron chi connectivity index (χ3n) is 6.40. The molecule has 0 spiro atoms. The van der Waals surface area contributed by atoms with E-state index in [9.17, 15) is 4.79 Å². The highest BCUT2D eigenvalue weighted by Gasteiger charge is 2.30. The number of nitrogens with one attached hydrogen (secondary N) is 1. The number of anilines is 2. The summed E-state index contributed by atoms with van der Waals surface area (Å²) in [5.74, 6) is 1.61. The van der Waals surface area contributed by atoms with Crippen molar-refractivity contribution in [1.82, 2.24) is 24.4 Å². The Morgan fingerprint density at radius 3 is 2.64 bits per heavy atom. The van der Waals surface area contributed by atoms with E-state index in [0.29, 0.717) is 19.0 Å². The predicted octanol–water partition coefficient (Wildman–Crippen LogP) is 4.10. The molecule has 1 aliphatic rings. The minimum Gasteiger partial charge on any atom is -0.364 e. The fourth-order valence-corrected chi connectivity index (χ4v) is 4.48. The van der Waals surface area contributed by atoms with Crippen molar-refractivity contribution >= 4 is 28.8 Å². The number of carbonyl (C=O) groups is 1. The molecule has 1 fully saturated rings. The van der Waals surface area contributed by atoms with E-state index in [0.717, 1.165) is 49.5 Å². The van der Waals surface area contributed by atoms with Crippen molar-refractivity contribution in [3.63, 3.8) is 0 Å². The highest BCUT2D eigenvalue weighted by molar-refractivity contribution is 5.85. The summed E-state index contributed by atoms with van der Waals surface area (Å²) >= 11 is 0. The lowest BCUT2D eigenvalue weighted by atomic mass is 9.96. The first-order valence-corrected chi connectivity index (χ1v) is 12.1. The second-order valence-electron chi connectivity index (χ2n) is 8.92. The van der Waals surface area contributed by atoms with Crippen LogP contribution in [0.25, 0.3) is 11.2 Å². The van der Waals surface area contributed by atoms with Gasteiger partial charge in [0, 0.05) is 38.8 Å². The lowest BCUT2D eigenvalue weighted by Gasteiger charge is -2.34. The Hall–Kier alpha value is -3.16. The molecular formula is C25H35N7O. The van der Waals surface area contributed by atoms with Gasteiger partial charge in [-0.2, -0.15) is 9.97 Å². The van der Waals surface area contributed by atoms with Crippen LogP contribution < -0.4 is 10.2 Å². The van der Waals surface area contributed by atoms with Crippen LogP contribution in [0, 0.1) is 5.92 Å². The summed E-state index contributed by atoms with van der Waals surface area (Å²) in [4.78, 5) is 31.5. The molecule has 3 heterocycles. The normalized spacial score (nSPS) is 16.4. The van der Waals surface area contributed by atoms with Crippen molar-refractivity contribution in [2.24, 2.45) is 5.92 Å². The van der Waals surface area contributed by atoms with E-state index < -0.39 is 0 Å². The Balaban J connectivity index is 1.65. The molecule has 1 saturated heterocycles. The molecule has 1 N–H and O–H groups in total. The number of imidazole rings is 1. The first-order chi connectivity index (χ1) is 16.0. The Labute approximate surface area is 196 Å². The predicted molar refractivity (Wildman–Crippen MR) is 132 cm³/mol. The zero-order chi connectivity index (χ0) is 23.4. The average Bonchev–Trinajstić information content (AvgIpc) is 3.28. The van der Waals surface area contributed by atoms with Gasteiger partial charge in [0.05, 0.1) is 12.2 Å². The fraction of sp³-hybridized carbons (Fsp3) is 0.520. The summed E-state index contributed by atoms with van der Waals surface area (Å²) in [6.45, 7) is 12.0. The van der Waals surface area contributed by atoms with Crippen molar-refractivity contribution in [3.05, 3.63) is 42.2 Å². The fourth-order valence-electron chi connectivity index (χ4n) is 4.48. The van der Waals surface area contributed by atoms with E-state index in [4.69, 9.17) is 9.97 Å². The van der Waals surface area contributed by atoms with Gasteiger partial charge in [-0.1, -0.05) is 30.3 Å². The number of carbonyl (C=O) groups excluding carboxylic acids is 1. The van der Waals surface area contributed by atoms with Gasteiger partial charge < -0.3 is 19.7 Å². The molecule has 0 aliphatic carbocycles. The minimum absolute atomic E-state index is 0.0197. The van der Waals surface area contributed by atoms with E-state index in [1.807, 2.05) is 43.3 Å². The van der Waals surface area contributed by atoms with Crippen LogP contribution in [-0.2, 0) is 11.3 Å².